The van der Waals surface area contributed by atoms with Crippen LogP contribution in [0, 0.1) is 6.92 Å². The van der Waals surface area contributed by atoms with Crippen LogP contribution in [-0.4, -0.2) is 26.3 Å². The van der Waals surface area contributed by atoms with E-state index in [9.17, 15) is 9.90 Å². The number of H-pyrrole nitrogens is 1. The van der Waals surface area contributed by atoms with E-state index < -0.39 is 5.91 Å². The van der Waals surface area contributed by atoms with Gasteiger partial charge in [0.25, 0.3) is 5.91 Å². The number of aromatic amines is 1. The lowest BCUT2D eigenvalue weighted by Gasteiger charge is -2.06. The summed E-state index contributed by atoms with van der Waals surface area (Å²) in [4.78, 5) is 11.8. The minimum absolute atomic E-state index is 0.0882. The molecule has 0 saturated carbocycles. The first-order chi connectivity index (χ1) is 8.58. The van der Waals surface area contributed by atoms with Gasteiger partial charge in [-0.1, -0.05) is 0 Å². The van der Waals surface area contributed by atoms with Crippen LogP contribution in [0.15, 0.2) is 24.4 Å². The second kappa shape index (κ2) is 4.79. The number of nitrogens with zero attached hydrogens (tertiary/aromatic N) is 1. The lowest BCUT2D eigenvalue weighted by Crippen LogP contribution is -2.22. The number of hydrogen-bond acceptors (Lipinski definition) is 4. The zero-order chi connectivity index (χ0) is 13.1. The first-order valence-electron chi connectivity index (χ1n) is 5.37. The van der Waals surface area contributed by atoms with Gasteiger partial charge in [-0.25, -0.2) is 0 Å². The fourth-order valence-electron chi connectivity index (χ4n) is 1.54. The van der Waals surface area contributed by atoms with Crippen LogP contribution >= 0.6 is 0 Å². The van der Waals surface area contributed by atoms with Gasteiger partial charge in [-0.3, -0.25) is 9.89 Å². The lowest BCUT2D eigenvalue weighted by molar-refractivity contribution is 0.0948. The Bertz CT molecular complexity index is 578. The highest BCUT2D eigenvalue weighted by molar-refractivity contribution is 5.96. The minimum Gasteiger partial charge on any atom is -0.508 e. The maximum atomic E-state index is 11.8. The molecule has 0 fully saturated rings. The van der Waals surface area contributed by atoms with E-state index in [1.165, 1.54) is 12.1 Å². The van der Waals surface area contributed by atoms with Crippen molar-refractivity contribution in [2.75, 3.05) is 0 Å². The molecule has 0 aliphatic rings. The van der Waals surface area contributed by atoms with Gasteiger partial charge in [0.05, 0.1) is 11.8 Å². The minimum atomic E-state index is -0.409. The Morgan fingerprint density at radius 1 is 1.44 bits per heavy atom. The number of phenolic OH excluding ortho intramolecular Hbond substituents is 2. The summed E-state index contributed by atoms with van der Waals surface area (Å²) in [5.74, 6) is -0.751. The second-order valence-corrected chi connectivity index (χ2v) is 3.90. The molecular formula is C12H13N3O3. The fourth-order valence-corrected chi connectivity index (χ4v) is 1.54. The van der Waals surface area contributed by atoms with E-state index in [1.807, 2.05) is 6.92 Å². The highest BCUT2D eigenvalue weighted by atomic mass is 16.3. The van der Waals surface area contributed by atoms with Gasteiger partial charge in [0, 0.05) is 23.9 Å². The van der Waals surface area contributed by atoms with Crippen LogP contribution in [0.1, 0.15) is 21.6 Å². The summed E-state index contributed by atoms with van der Waals surface area (Å²) < 4.78 is 0. The van der Waals surface area contributed by atoms with Crippen LogP contribution in [-0.2, 0) is 6.54 Å². The highest BCUT2D eigenvalue weighted by Crippen LogP contribution is 2.22. The Kier molecular flexibility index (Phi) is 3.18. The Hall–Kier alpha value is -2.50. The Balaban J connectivity index is 2.06. The third kappa shape index (κ3) is 2.42. The summed E-state index contributed by atoms with van der Waals surface area (Å²) in [5, 5.41) is 27.9. The SMILES string of the molecule is Cc1[nH]ncc1CNC(=O)c1ccc(O)cc1O. The number of phenols is 2. The van der Waals surface area contributed by atoms with Crippen molar-refractivity contribution in [2.45, 2.75) is 13.5 Å². The molecule has 4 N–H and O–H groups in total. The molecule has 2 aromatic rings. The summed E-state index contributed by atoms with van der Waals surface area (Å²) in [6, 6.07) is 3.83. The molecule has 0 unspecified atom stereocenters. The molecule has 1 heterocycles. The summed E-state index contributed by atoms with van der Waals surface area (Å²) in [5.41, 5.74) is 1.88. The van der Waals surface area contributed by atoms with Crippen LogP contribution in [0.25, 0.3) is 0 Å². The second-order valence-electron chi connectivity index (χ2n) is 3.90. The average Bonchev–Trinajstić information content (AvgIpc) is 2.72. The van der Waals surface area contributed by atoms with E-state index in [4.69, 9.17) is 5.11 Å². The van der Waals surface area contributed by atoms with E-state index in [0.29, 0.717) is 6.54 Å². The summed E-state index contributed by atoms with van der Waals surface area (Å²) in [7, 11) is 0. The number of carbonyl (C=O) groups is 1. The molecule has 0 radical (unpaired) electrons. The van der Waals surface area contributed by atoms with Crippen molar-refractivity contribution in [2.24, 2.45) is 0 Å². The van der Waals surface area contributed by atoms with Crippen molar-refractivity contribution >= 4 is 5.91 Å². The first-order valence-corrected chi connectivity index (χ1v) is 5.37. The molecule has 0 atom stereocenters. The molecule has 0 saturated heterocycles. The highest BCUT2D eigenvalue weighted by Gasteiger charge is 2.11. The smallest absolute Gasteiger partial charge is 0.255 e. The van der Waals surface area contributed by atoms with E-state index >= 15 is 0 Å². The monoisotopic (exact) mass is 247 g/mol. The molecule has 6 nitrogen and oxygen atoms in total. The molecule has 0 bridgehead atoms. The molecule has 0 aliphatic carbocycles. The van der Waals surface area contributed by atoms with E-state index in [-0.39, 0.29) is 17.1 Å². The summed E-state index contributed by atoms with van der Waals surface area (Å²) in [6.45, 7) is 2.17. The zero-order valence-electron chi connectivity index (χ0n) is 9.77. The standard InChI is InChI=1S/C12H13N3O3/c1-7-8(6-14-15-7)5-13-12(18)10-3-2-9(16)4-11(10)17/h2-4,6,16-17H,5H2,1H3,(H,13,18)(H,14,15). The third-order valence-electron chi connectivity index (χ3n) is 2.60. The van der Waals surface area contributed by atoms with E-state index in [0.717, 1.165) is 17.3 Å². The molecule has 2 rings (SSSR count). The number of benzene rings is 1. The molecule has 1 amide bonds. The number of aryl methyl sites for hydroxylation is 1. The van der Waals surface area contributed by atoms with Crippen molar-refractivity contribution in [1.29, 1.82) is 0 Å². The number of hydrogen-bond donors (Lipinski definition) is 4. The number of aromatic nitrogens is 2. The van der Waals surface area contributed by atoms with Gasteiger partial charge in [0.2, 0.25) is 0 Å². The topological polar surface area (TPSA) is 98.2 Å². The molecule has 1 aromatic heterocycles. The normalized spacial score (nSPS) is 10.3. The Morgan fingerprint density at radius 3 is 2.83 bits per heavy atom. The third-order valence-corrected chi connectivity index (χ3v) is 2.60. The fraction of sp³-hybridized carbons (Fsp3) is 0.167. The van der Waals surface area contributed by atoms with Gasteiger partial charge < -0.3 is 15.5 Å². The Labute approximate surface area is 103 Å². The van der Waals surface area contributed by atoms with Gasteiger partial charge in [-0.2, -0.15) is 5.10 Å². The van der Waals surface area contributed by atoms with Crippen molar-refractivity contribution in [3.63, 3.8) is 0 Å². The van der Waals surface area contributed by atoms with Crippen molar-refractivity contribution < 1.29 is 15.0 Å². The molecule has 1 aromatic carbocycles. The van der Waals surface area contributed by atoms with Crippen molar-refractivity contribution in [3.05, 3.63) is 41.2 Å². The van der Waals surface area contributed by atoms with E-state index in [2.05, 4.69) is 15.5 Å². The van der Waals surface area contributed by atoms with Crippen molar-refractivity contribution in [3.8, 4) is 11.5 Å². The first kappa shape index (κ1) is 12.0. The molecule has 6 heteroatoms. The lowest BCUT2D eigenvalue weighted by atomic mass is 10.1. The molecule has 0 aliphatic heterocycles. The maximum Gasteiger partial charge on any atom is 0.255 e. The van der Waals surface area contributed by atoms with E-state index in [1.54, 1.807) is 6.20 Å². The summed E-state index contributed by atoms with van der Waals surface area (Å²) >= 11 is 0. The Morgan fingerprint density at radius 2 is 2.22 bits per heavy atom. The molecule has 18 heavy (non-hydrogen) atoms. The van der Waals surface area contributed by atoms with Crippen LogP contribution in [0.4, 0.5) is 0 Å². The average molecular weight is 247 g/mol. The predicted molar refractivity (Wildman–Crippen MR) is 64.3 cm³/mol. The van der Waals surface area contributed by atoms with Crippen LogP contribution < -0.4 is 5.32 Å². The number of carbonyl (C=O) groups excluding carboxylic acids is 1. The van der Waals surface area contributed by atoms with Gasteiger partial charge in [0.15, 0.2) is 0 Å². The largest absolute Gasteiger partial charge is 0.508 e. The molecule has 94 valence electrons. The molecular weight excluding hydrogens is 234 g/mol. The van der Waals surface area contributed by atoms with Crippen molar-refractivity contribution in [1.82, 2.24) is 15.5 Å². The molecule has 0 spiro atoms. The van der Waals surface area contributed by atoms with Gasteiger partial charge in [0.1, 0.15) is 11.5 Å². The number of aromatic hydroxyl groups is 2. The zero-order valence-corrected chi connectivity index (χ0v) is 9.77. The van der Waals surface area contributed by atoms with Gasteiger partial charge in [-0.05, 0) is 19.1 Å². The van der Waals surface area contributed by atoms with Gasteiger partial charge in [-0.15, -0.1) is 0 Å². The van der Waals surface area contributed by atoms with Crippen LogP contribution in [0.3, 0.4) is 0 Å². The number of rotatable bonds is 3. The summed E-state index contributed by atoms with van der Waals surface area (Å²) in [6.07, 6.45) is 1.63. The quantitative estimate of drug-likeness (QED) is 0.651. The van der Waals surface area contributed by atoms with Crippen LogP contribution in [0.5, 0.6) is 11.5 Å². The number of amides is 1. The van der Waals surface area contributed by atoms with Crippen LogP contribution in [0.2, 0.25) is 0 Å². The predicted octanol–water partition coefficient (Wildman–Crippen LogP) is 1.06. The number of nitrogens with one attached hydrogen (secondary N) is 2. The van der Waals surface area contributed by atoms with Gasteiger partial charge >= 0.3 is 0 Å². The maximum absolute atomic E-state index is 11.8.